The number of para-hydroxylation sites is 1. The smallest absolute Gasteiger partial charge is 0.140 e. The zero-order valence-electron chi connectivity index (χ0n) is 12.5. The van der Waals surface area contributed by atoms with Crippen LogP contribution in [0.5, 0.6) is 5.75 Å². The van der Waals surface area contributed by atoms with Gasteiger partial charge in [-0.3, -0.25) is 0 Å². The van der Waals surface area contributed by atoms with Crippen LogP contribution in [0.15, 0.2) is 35.7 Å². The largest absolute Gasteiger partial charge is 0.486 e. The van der Waals surface area contributed by atoms with Crippen LogP contribution in [0.1, 0.15) is 24.5 Å². The topological polar surface area (TPSA) is 54.4 Å². The summed E-state index contributed by atoms with van der Waals surface area (Å²) in [5.74, 6) is 1.12. The summed E-state index contributed by atoms with van der Waals surface area (Å²) < 4.78 is 5.67. The fourth-order valence-electron chi connectivity index (χ4n) is 1.74. The van der Waals surface area contributed by atoms with E-state index < -0.39 is 0 Å². The van der Waals surface area contributed by atoms with E-state index in [1.54, 1.807) is 11.3 Å². The predicted molar refractivity (Wildman–Crippen MR) is 85.4 cm³/mol. The van der Waals surface area contributed by atoms with Crippen LogP contribution in [0, 0.1) is 5.92 Å². The molecule has 21 heavy (non-hydrogen) atoms. The molecular weight excluding hydrogens is 284 g/mol. The third kappa shape index (κ3) is 5.46. The number of aliphatic hydroxyl groups is 1. The maximum Gasteiger partial charge on any atom is 0.140 e. The van der Waals surface area contributed by atoms with Gasteiger partial charge in [0.1, 0.15) is 17.4 Å². The van der Waals surface area contributed by atoms with E-state index in [0.717, 1.165) is 16.5 Å². The minimum absolute atomic E-state index is 0.266. The molecule has 0 radical (unpaired) electrons. The molecule has 0 aliphatic carbocycles. The SMILES string of the molecule is CC(C)C(O)CNCc1csc(COc2ccccc2)n1. The van der Waals surface area contributed by atoms with Gasteiger partial charge in [0.25, 0.3) is 0 Å². The van der Waals surface area contributed by atoms with Crippen molar-refractivity contribution in [2.24, 2.45) is 5.92 Å². The van der Waals surface area contributed by atoms with Crippen LogP contribution in [-0.2, 0) is 13.2 Å². The van der Waals surface area contributed by atoms with Crippen molar-refractivity contribution in [2.45, 2.75) is 33.1 Å². The minimum atomic E-state index is -0.315. The van der Waals surface area contributed by atoms with Gasteiger partial charge in [0.15, 0.2) is 0 Å². The summed E-state index contributed by atoms with van der Waals surface area (Å²) in [6, 6.07) is 9.73. The lowest BCUT2D eigenvalue weighted by atomic mass is 10.1. The van der Waals surface area contributed by atoms with E-state index in [2.05, 4.69) is 10.3 Å². The minimum Gasteiger partial charge on any atom is -0.486 e. The molecule has 2 aromatic rings. The lowest BCUT2D eigenvalue weighted by Crippen LogP contribution is -2.30. The van der Waals surface area contributed by atoms with Crippen molar-refractivity contribution >= 4 is 11.3 Å². The fourth-order valence-corrected chi connectivity index (χ4v) is 2.45. The molecule has 0 bridgehead atoms. The van der Waals surface area contributed by atoms with Crippen molar-refractivity contribution in [3.05, 3.63) is 46.4 Å². The number of aromatic nitrogens is 1. The molecule has 1 unspecified atom stereocenters. The monoisotopic (exact) mass is 306 g/mol. The molecule has 114 valence electrons. The molecule has 1 atom stereocenters. The molecule has 2 N–H and O–H groups in total. The molecule has 1 aromatic carbocycles. The Labute approximate surface area is 129 Å². The Hall–Kier alpha value is -1.43. The van der Waals surface area contributed by atoms with Gasteiger partial charge in [0.2, 0.25) is 0 Å². The van der Waals surface area contributed by atoms with Crippen LogP contribution in [-0.4, -0.2) is 22.7 Å². The molecule has 1 heterocycles. The van der Waals surface area contributed by atoms with E-state index in [-0.39, 0.29) is 12.0 Å². The second-order valence-electron chi connectivity index (χ2n) is 5.28. The number of aliphatic hydroxyl groups excluding tert-OH is 1. The first-order valence-electron chi connectivity index (χ1n) is 7.15. The summed E-state index contributed by atoms with van der Waals surface area (Å²) in [6.45, 7) is 5.77. The van der Waals surface area contributed by atoms with E-state index in [0.29, 0.717) is 19.7 Å². The molecule has 4 nitrogen and oxygen atoms in total. The highest BCUT2D eigenvalue weighted by Crippen LogP contribution is 2.15. The van der Waals surface area contributed by atoms with Crippen molar-refractivity contribution in [3.8, 4) is 5.75 Å². The quantitative estimate of drug-likeness (QED) is 0.787. The second-order valence-corrected chi connectivity index (χ2v) is 6.22. The summed E-state index contributed by atoms with van der Waals surface area (Å²) >= 11 is 1.60. The molecular formula is C16H22N2O2S. The molecule has 0 amide bonds. The Morgan fingerprint density at radius 1 is 1.29 bits per heavy atom. The molecule has 0 spiro atoms. The molecule has 0 aliphatic heterocycles. The standard InChI is InChI=1S/C16H22N2O2S/c1-12(2)15(19)9-17-8-13-11-21-16(18-13)10-20-14-6-4-3-5-7-14/h3-7,11-12,15,17,19H,8-10H2,1-2H3. The highest BCUT2D eigenvalue weighted by molar-refractivity contribution is 7.09. The van der Waals surface area contributed by atoms with Gasteiger partial charge in [-0.25, -0.2) is 4.98 Å². The number of rotatable bonds is 8. The van der Waals surface area contributed by atoms with Crippen LogP contribution in [0.25, 0.3) is 0 Å². The Morgan fingerprint density at radius 2 is 2.05 bits per heavy atom. The molecule has 5 heteroatoms. The lowest BCUT2D eigenvalue weighted by Gasteiger charge is -2.14. The molecule has 0 saturated carbocycles. The maximum absolute atomic E-state index is 9.72. The van der Waals surface area contributed by atoms with E-state index in [1.165, 1.54) is 0 Å². The Kier molecular flexibility index (Phi) is 6.17. The summed E-state index contributed by atoms with van der Waals surface area (Å²) in [5.41, 5.74) is 0.989. The lowest BCUT2D eigenvalue weighted by molar-refractivity contribution is 0.123. The molecule has 0 aliphatic rings. The van der Waals surface area contributed by atoms with Crippen molar-refractivity contribution in [3.63, 3.8) is 0 Å². The van der Waals surface area contributed by atoms with E-state index in [4.69, 9.17) is 4.74 Å². The van der Waals surface area contributed by atoms with Gasteiger partial charge in [-0.1, -0.05) is 32.0 Å². The van der Waals surface area contributed by atoms with Crippen molar-refractivity contribution in [1.29, 1.82) is 0 Å². The van der Waals surface area contributed by atoms with Gasteiger partial charge >= 0.3 is 0 Å². The number of thiazole rings is 1. The molecule has 1 aromatic heterocycles. The predicted octanol–water partition coefficient (Wildman–Crippen LogP) is 2.83. The first kappa shape index (κ1) is 15.9. The van der Waals surface area contributed by atoms with Crippen molar-refractivity contribution < 1.29 is 9.84 Å². The number of hydrogen-bond acceptors (Lipinski definition) is 5. The van der Waals surface area contributed by atoms with Gasteiger partial charge in [0, 0.05) is 18.5 Å². The number of benzene rings is 1. The zero-order chi connectivity index (χ0) is 15.1. The van der Waals surface area contributed by atoms with Gasteiger partial charge in [-0.15, -0.1) is 11.3 Å². The van der Waals surface area contributed by atoms with Gasteiger partial charge in [0.05, 0.1) is 11.8 Å². The zero-order valence-corrected chi connectivity index (χ0v) is 13.3. The van der Waals surface area contributed by atoms with Gasteiger partial charge in [-0.05, 0) is 18.1 Å². The first-order valence-corrected chi connectivity index (χ1v) is 8.03. The maximum atomic E-state index is 9.72. The highest BCUT2D eigenvalue weighted by atomic mass is 32.1. The van der Waals surface area contributed by atoms with E-state index >= 15 is 0 Å². The van der Waals surface area contributed by atoms with Crippen molar-refractivity contribution in [2.75, 3.05) is 6.54 Å². The molecule has 0 saturated heterocycles. The number of nitrogens with one attached hydrogen (secondary N) is 1. The third-order valence-electron chi connectivity index (χ3n) is 3.13. The average Bonchev–Trinajstić information content (AvgIpc) is 2.94. The van der Waals surface area contributed by atoms with Crippen molar-refractivity contribution in [1.82, 2.24) is 10.3 Å². The third-order valence-corrected chi connectivity index (χ3v) is 4.01. The summed E-state index contributed by atoms with van der Waals surface area (Å²) in [5, 5.41) is 15.9. The van der Waals surface area contributed by atoms with Gasteiger partial charge < -0.3 is 15.2 Å². The van der Waals surface area contributed by atoms with Crippen LogP contribution >= 0.6 is 11.3 Å². The van der Waals surface area contributed by atoms with E-state index in [1.807, 2.05) is 49.6 Å². The second kappa shape index (κ2) is 8.12. The van der Waals surface area contributed by atoms with Crippen LogP contribution in [0.3, 0.4) is 0 Å². The fraction of sp³-hybridized carbons (Fsp3) is 0.438. The first-order chi connectivity index (χ1) is 10.1. The number of nitrogens with zero attached hydrogens (tertiary/aromatic N) is 1. The average molecular weight is 306 g/mol. The summed E-state index contributed by atoms with van der Waals surface area (Å²) in [4.78, 5) is 4.52. The van der Waals surface area contributed by atoms with Crippen LogP contribution in [0.4, 0.5) is 0 Å². The number of ether oxygens (including phenoxy) is 1. The van der Waals surface area contributed by atoms with Gasteiger partial charge in [-0.2, -0.15) is 0 Å². The molecule has 0 fully saturated rings. The number of hydrogen-bond donors (Lipinski definition) is 2. The van der Waals surface area contributed by atoms with Crippen LogP contribution < -0.4 is 10.1 Å². The summed E-state index contributed by atoms with van der Waals surface area (Å²) in [6.07, 6.45) is -0.315. The summed E-state index contributed by atoms with van der Waals surface area (Å²) in [7, 11) is 0. The normalized spacial score (nSPS) is 12.6. The molecule has 2 rings (SSSR count). The van der Waals surface area contributed by atoms with E-state index in [9.17, 15) is 5.11 Å². The Balaban J connectivity index is 1.74. The highest BCUT2D eigenvalue weighted by Gasteiger charge is 2.09. The Morgan fingerprint density at radius 3 is 2.76 bits per heavy atom. The van der Waals surface area contributed by atoms with Crippen LogP contribution in [0.2, 0.25) is 0 Å². The Bertz CT molecular complexity index is 528.